The quantitative estimate of drug-likeness (QED) is 0.398. The van der Waals surface area contributed by atoms with Gasteiger partial charge in [-0.05, 0) is 39.8 Å². The molecule has 5 heteroatoms. The molecule has 20 heavy (non-hydrogen) atoms. The summed E-state index contributed by atoms with van der Waals surface area (Å²) < 4.78 is 10.4. The molecule has 1 aromatic rings. The molecule has 1 aromatic carbocycles. The minimum absolute atomic E-state index is 0.0389. The maximum atomic E-state index is 12.1. The van der Waals surface area contributed by atoms with Gasteiger partial charge in [0, 0.05) is 11.3 Å². The molecule has 1 rings (SSSR count). The molecule has 0 amide bonds. The van der Waals surface area contributed by atoms with Crippen molar-refractivity contribution in [2.75, 3.05) is 5.73 Å². The standard InChI is InChI=1S/C15H19NO4/c1-9(2)13(17)19-11-8-6-7-10(16)12(11)14(18)20-15(3,4)5/h6-8H,1,16H2,2-5H3. The summed E-state index contributed by atoms with van der Waals surface area (Å²) in [7, 11) is 0. The predicted molar refractivity (Wildman–Crippen MR) is 76.5 cm³/mol. The Bertz CT molecular complexity index is 555. The fraction of sp³-hybridized carbons (Fsp3) is 0.333. The van der Waals surface area contributed by atoms with Crippen molar-refractivity contribution in [3.63, 3.8) is 0 Å². The number of esters is 2. The molecule has 0 spiro atoms. The van der Waals surface area contributed by atoms with Gasteiger partial charge in [0.1, 0.15) is 16.9 Å². The number of carbonyl (C=O) groups is 2. The van der Waals surface area contributed by atoms with E-state index in [1.54, 1.807) is 26.8 Å². The van der Waals surface area contributed by atoms with Crippen LogP contribution in [0.25, 0.3) is 0 Å². The molecule has 0 heterocycles. The lowest BCUT2D eigenvalue weighted by Crippen LogP contribution is -2.25. The van der Waals surface area contributed by atoms with Gasteiger partial charge in [-0.1, -0.05) is 12.6 Å². The number of benzene rings is 1. The summed E-state index contributed by atoms with van der Waals surface area (Å²) in [6, 6.07) is 4.61. The number of rotatable bonds is 3. The first kappa shape index (κ1) is 15.8. The van der Waals surface area contributed by atoms with E-state index >= 15 is 0 Å². The number of carbonyl (C=O) groups excluding carboxylic acids is 2. The fourth-order valence-electron chi connectivity index (χ4n) is 1.37. The monoisotopic (exact) mass is 277 g/mol. The van der Waals surface area contributed by atoms with Crippen LogP contribution in [0.15, 0.2) is 30.4 Å². The van der Waals surface area contributed by atoms with Crippen LogP contribution in [0, 0.1) is 0 Å². The van der Waals surface area contributed by atoms with Crippen molar-refractivity contribution in [3.8, 4) is 5.75 Å². The van der Waals surface area contributed by atoms with E-state index in [4.69, 9.17) is 15.2 Å². The van der Waals surface area contributed by atoms with Gasteiger partial charge in [0.25, 0.3) is 0 Å². The Balaban J connectivity index is 3.15. The van der Waals surface area contributed by atoms with Gasteiger partial charge in [-0.15, -0.1) is 0 Å². The second-order valence-electron chi connectivity index (χ2n) is 5.39. The van der Waals surface area contributed by atoms with Crippen molar-refractivity contribution in [1.82, 2.24) is 0 Å². The van der Waals surface area contributed by atoms with Crippen LogP contribution in [0.2, 0.25) is 0 Å². The van der Waals surface area contributed by atoms with Crippen LogP contribution in [-0.4, -0.2) is 17.5 Å². The third kappa shape index (κ3) is 4.12. The Morgan fingerprint density at radius 1 is 1.25 bits per heavy atom. The van der Waals surface area contributed by atoms with Gasteiger partial charge in [-0.2, -0.15) is 0 Å². The summed E-state index contributed by atoms with van der Waals surface area (Å²) in [5.41, 5.74) is 5.56. The maximum Gasteiger partial charge on any atom is 0.344 e. The van der Waals surface area contributed by atoms with Crippen molar-refractivity contribution in [1.29, 1.82) is 0 Å². The smallest absolute Gasteiger partial charge is 0.344 e. The van der Waals surface area contributed by atoms with Crippen molar-refractivity contribution < 1.29 is 19.1 Å². The van der Waals surface area contributed by atoms with E-state index in [1.807, 2.05) is 0 Å². The molecular formula is C15H19NO4. The van der Waals surface area contributed by atoms with E-state index in [-0.39, 0.29) is 22.6 Å². The molecule has 0 aliphatic heterocycles. The van der Waals surface area contributed by atoms with Crippen LogP contribution in [0.3, 0.4) is 0 Å². The average molecular weight is 277 g/mol. The highest BCUT2D eigenvalue weighted by Crippen LogP contribution is 2.27. The molecule has 0 bridgehead atoms. The average Bonchev–Trinajstić information content (AvgIpc) is 2.26. The Morgan fingerprint density at radius 3 is 2.35 bits per heavy atom. The van der Waals surface area contributed by atoms with E-state index in [9.17, 15) is 9.59 Å². The molecule has 0 saturated carbocycles. The van der Waals surface area contributed by atoms with Gasteiger partial charge < -0.3 is 15.2 Å². The Hall–Kier alpha value is -2.30. The molecule has 0 aliphatic carbocycles. The lowest BCUT2D eigenvalue weighted by Gasteiger charge is -2.21. The zero-order valence-corrected chi connectivity index (χ0v) is 12.1. The summed E-state index contributed by atoms with van der Waals surface area (Å²) >= 11 is 0. The molecule has 5 nitrogen and oxygen atoms in total. The molecule has 0 atom stereocenters. The molecule has 0 unspecified atom stereocenters. The van der Waals surface area contributed by atoms with E-state index in [2.05, 4.69) is 6.58 Å². The molecule has 0 aliphatic rings. The summed E-state index contributed by atoms with van der Waals surface area (Å²) in [6.07, 6.45) is 0. The lowest BCUT2D eigenvalue weighted by molar-refractivity contribution is -0.130. The van der Waals surface area contributed by atoms with E-state index < -0.39 is 17.5 Å². The largest absolute Gasteiger partial charge is 0.456 e. The van der Waals surface area contributed by atoms with Gasteiger partial charge >= 0.3 is 11.9 Å². The van der Waals surface area contributed by atoms with E-state index in [1.165, 1.54) is 19.1 Å². The highest BCUT2D eigenvalue weighted by Gasteiger charge is 2.24. The summed E-state index contributed by atoms with van der Waals surface area (Å²) in [6.45, 7) is 10.2. The second kappa shape index (κ2) is 5.77. The van der Waals surface area contributed by atoms with Crippen molar-refractivity contribution in [2.45, 2.75) is 33.3 Å². The Labute approximate surface area is 118 Å². The number of hydrogen-bond acceptors (Lipinski definition) is 5. The van der Waals surface area contributed by atoms with Crippen LogP contribution < -0.4 is 10.5 Å². The Morgan fingerprint density at radius 2 is 1.85 bits per heavy atom. The van der Waals surface area contributed by atoms with Gasteiger partial charge in [-0.3, -0.25) is 0 Å². The highest BCUT2D eigenvalue weighted by molar-refractivity contribution is 6.00. The molecule has 0 fully saturated rings. The van der Waals surface area contributed by atoms with Crippen molar-refractivity contribution in [2.24, 2.45) is 0 Å². The Kier molecular flexibility index (Phi) is 4.55. The summed E-state index contributed by atoms with van der Waals surface area (Å²) in [5.74, 6) is -1.20. The minimum Gasteiger partial charge on any atom is -0.456 e. The number of hydrogen-bond donors (Lipinski definition) is 1. The first-order chi connectivity index (χ1) is 9.11. The van der Waals surface area contributed by atoms with Crippen LogP contribution in [0.5, 0.6) is 5.75 Å². The molecule has 0 aromatic heterocycles. The fourth-order valence-corrected chi connectivity index (χ4v) is 1.37. The van der Waals surface area contributed by atoms with Gasteiger partial charge in [0.05, 0.1) is 0 Å². The summed E-state index contributed by atoms with van der Waals surface area (Å²) in [4.78, 5) is 23.7. The zero-order valence-electron chi connectivity index (χ0n) is 12.1. The lowest BCUT2D eigenvalue weighted by atomic mass is 10.1. The minimum atomic E-state index is -0.672. The van der Waals surface area contributed by atoms with Crippen LogP contribution in [-0.2, 0) is 9.53 Å². The SMILES string of the molecule is C=C(C)C(=O)Oc1cccc(N)c1C(=O)OC(C)(C)C. The third-order valence-corrected chi connectivity index (χ3v) is 2.21. The number of nitrogens with two attached hydrogens (primary N) is 1. The van der Waals surface area contributed by atoms with Crippen LogP contribution in [0.1, 0.15) is 38.1 Å². The normalized spacial score (nSPS) is 10.8. The van der Waals surface area contributed by atoms with Gasteiger partial charge in [-0.25, -0.2) is 9.59 Å². The van der Waals surface area contributed by atoms with Crippen molar-refractivity contribution in [3.05, 3.63) is 35.9 Å². The molecule has 0 saturated heterocycles. The molecular weight excluding hydrogens is 258 g/mol. The molecule has 0 radical (unpaired) electrons. The molecule has 2 N–H and O–H groups in total. The third-order valence-electron chi connectivity index (χ3n) is 2.21. The zero-order chi connectivity index (χ0) is 15.5. The van der Waals surface area contributed by atoms with Gasteiger partial charge in [0.2, 0.25) is 0 Å². The number of anilines is 1. The van der Waals surface area contributed by atoms with Gasteiger partial charge in [0.15, 0.2) is 0 Å². The highest BCUT2D eigenvalue weighted by atomic mass is 16.6. The number of ether oxygens (including phenoxy) is 2. The summed E-state index contributed by atoms with van der Waals surface area (Å²) in [5, 5.41) is 0. The number of nitrogen functional groups attached to an aromatic ring is 1. The topological polar surface area (TPSA) is 78.6 Å². The first-order valence-corrected chi connectivity index (χ1v) is 6.11. The van der Waals surface area contributed by atoms with Crippen LogP contribution in [0.4, 0.5) is 5.69 Å². The van der Waals surface area contributed by atoms with E-state index in [0.717, 1.165) is 0 Å². The molecule has 108 valence electrons. The maximum absolute atomic E-state index is 12.1. The predicted octanol–water partition coefficient (Wildman–Crippen LogP) is 2.71. The second-order valence-corrected chi connectivity index (χ2v) is 5.39. The van der Waals surface area contributed by atoms with Crippen molar-refractivity contribution >= 4 is 17.6 Å². The van der Waals surface area contributed by atoms with E-state index in [0.29, 0.717) is 0 Å². The first-order valence-electron chi connectivity index (χ1n) is 6.11. The van der Waals surface area contributed by atoms with Crippen LogP contribution >= 0.6 is 0 Å².